The fourth-order valence-corrected chi connectivity index (χ4v) is 4.46. The molecule has 0 saturated heterocycles. The maximum Gasteiger partial charge on any atom is 0.279 e. The summed E-state index contributed by atoms with van der Waals surface area (Å²) in [5, 5.41) is 6.44. The summed E-state index contributed by atoms with van der Waals surface area (Å²) in [5.41, 5.74) is 3.24. The van der Waals surface area contributed by atoms with Gasteiger partial charge in [0.1, 0.15) is 11.4 Å². The highest BCUT2D eigenvalue weighted by Crippen LogP contribution is 2.35. The van der Waals surface area contributed by atoms with E-state index in [1.54, 1.807) is 24.4 Å². The molecule has 2 aromatic heterocycles. The van der Waals surface area contributed by atoms with E-state index in [9.17, 15) is 4.79 Å². The van der Waals surface area contributed by atoms with Crippen molar-refractivity contribution in [3.05, 3.63) is 93.2 Å². The van der Waals surface area contributed by atoms with Crippen molar-refractivity contribution in [2.45, 2.75) is 6.92 Å². The second-order valence-corrected chi connectivity index (χ2v) is 8.32. The van der Waals surface area contributed by atoms with Gasteiger partial charge in [-0.1, -0.05) is 41.4 Å². The predicted molar refractivity (Wildman–Crippen MR) is 130 cm³/mol. The van der Waals surface area contributed by atoms with Crippen LogP contribution < -0.4 is 10.3 Å². The fourth-order valence-electron chi connectivity index (χ4n) is 3.84. The Balaban J connectivity index is 1.83. The molecule has 8 heteroatoms. The molecule has 5 aromatic rings. The number of fused-ring (bicyclic) bond motifs is 1. The first-order valence-corrected chi connectivity index (χ1v) is 10.8. The van der Waals surface area contributed by atoms with Gasteiger partial charge in [0.2, 0.25) is 0 Å². The van der Waals surface area contributed by atoms with Crippen molar-refractivity contribution in [1.82, 2.24) is 14.8 Å². The Kier molecular flexibility index (Phi) is 5.40. The second-order valence-electron chi connectivity index (χ2n) is 7.50. The molecule has 0 aliphatic carbocycles. The van der Waals surface area contributed by atoms with E-state index in [4.69, 9.17) is 37.5 Å². The van der Waals surface area contributed by atoms with E-state index < -0.39 is 0 Å². The van der Waals surface area contributed by atoms with Crippen LogP contribution in [0.3, 0.4) is 0 Å². The van der Waals surface area contributed by atoms with Crippen LogP contribution in [0.15, 0.2) is 76.4 Å². The summed E-state index contributed by atoms with van der Waals surface area (Å²) in [7, 11) is 1.52. The van der Waals surface area contributed by atoms with Gasteiger partial charge in [-0.2, -0.15) is 9.78 Å². The van der Waals surface area contributed by atoms with Gasteiger partial charge in [0.05, 0.1) is 34.4 Å². The van der Waals surface area contributed by atoms with Crippen LogP contribution in [-0.2, 0) is 0 Å². The van der Waals surface area contributed by atoms with E-state index in [-0.39, 0.29) is 15.6 Å². The van der Waals surface area contributed by atoms with E-state index in [1.165, 1.54) is 18.2 Å². The highest BCUT2D eigenvalue weighted by Gasteiger charge is 2.19. The van der Waals surface area contributed by atoms with Crippen molar-refractivity contribution in [1.29, 1.82) is 0 Å². The molecule has 0 fully saturated rings. The summed E-state index contributed by atoms with van der Waals surface area (Å²) in [5.74, 6) is 1.12. The Morgan fingerprint density at radius 1 is 0.970 bits per heavy atom. The normalized spacial score (nSPS) is 11.2. The van der Waals surface area contributed by atoms with Crippen LogP contribution in [0.4, 0.5) is 0 Å². The first kappa shape index (κ1) is 21.2. The lowest BCUT2D eigenvalue weighted by molar-refractivity contribution is 0.415. The molecule has 0 saturated carbocycles. The van der Waals surface area contributed by atoms with Crippen molar-refractivity contribution in [2.75, 3.05) is 7.11 Å². The smallest absolute Gasteiger partial charge is 0.279 e. The number of benzene rings is 3. The first-order valence-electron chi connectivity index (χ1n) is 10.0. The third-order valence-corrected chi connectivity index (χ3v) is 5.89. The molecule has 6 nitrogen and oxygen atoms in total. The number of rotatable bonds is 4. The van der Waals surface area contributed by atoms with Gasteiger partial charge >= 0.3 is 0 Å². The zero-order valence-corrected chi connectivity index (χ0v) is 19.2. The van der Waals surface area contributed by atoms with Crippen LogP contribution in [0, 0.1) is 6.92 Å². The zero-order chi connectivity index (χ0) is 23.1. The maximum atomic E-state index is 13.4. The van der Waals surface area contributed by atoms with Gasteiger partial charge in [-0.15, -0.1) is 0 Å². The second kappa shape index (κ2) is 8.39. The SMILES string of the molecule is COc1cc(Cl)c(-n2nc(-c3cc(C)cc(-c4cnco4)c3)c3ccccc3c2=O)c(Cl)c1. The van der Waals surface area contributed by atoms with Gasteiger partial charge in [0, 0.05) is 28.6 Å². The molecule has 33 heavy (non-hydrogen) atoms. The Morgan fingerprint density at radius 3 is 2.33 bits per heavy atom. The van der Waals surface area contributed by atoms with E-state index >= 15 is 0 Å². The Labute approximate surface area is 199 Å². The average Bonchev–Trinajstić information content (AvgIpc) is 3.35. The summed E-state index contributed by atoms with van der Waals surface area (Å²) < 4.78 is 12.0. The van der Waals surface area contributed by atoms with Gasteiger partial charge in [0.25, 0.3) is 5.56 Å². The van der Waals surface area contributed by atoms with Crippen LogP contribution in [0.1, 0.15) is 5.56 Å². The first-order chi connectivity index (χ1) is 16.0. The largest absolute Gasteiger partial charge is 0.497 e. The lowest BCUT2D eigenvalue weighted by Crippen LogP contribution is -2.23. The Morgan fingerprint density at radius 2 is 1.67 bits per heavy atom. The van der Waals surface area contributed by atoms with Gasteiger partial charge in [-0.25, -0.2) is 4.98 Å². The lowest BCUT2D eigenvalue weighted by Gasteiger charge is -2.15. The molecule has 0 aliphatic rings. The molecule has 0 bridgehead atoms. The van der Waals surface area contributed by atoms with Crippen LogP contribution in [-0.4, -0.2) is 21.9 Å². The molecule has 0 radical (unpaired) electrons. The number of halogens is 2. The minimum Gasteiger partial charge on any atom is -0.497 e. The molecular formula is C25H17Cl2N3O3. The van der Waals surface area contributed by atoms with Crippen LogP contribution in [0.25, 0.3) is 39.0 Å². The lowest BCUT2D eigenvalue weighted by atomic mass is 9.99. The third-order valence-electron chi connectivity index (χ3n) is 5.31. The molecule has 2 heterocycles. The maximum absolute atomic E-state index is 13.4. The summed E-state index contributed by atoms with van der Waals surface area (Å²) >= 11 is 13.0. The van der Waals surface area contributed by atoms with Crippen molar-refractivity contribution in [2.24, 2.45) is 0 Å². The number of nitrogens with zero attached hydrogens (tertiary/aromatic N) is 3. The molecule has 3 aromatic carbocycles. The van der Waals surface area contributed by atoms with Crippen molar-refractivity contribution < 1.29 is 9.15 Å². The number of methoxy groups -OCH3 is 1. The number of aryl methyl sites for hydroxylation is 1. The molecule has 0 spiro atoms. The average molecular weight is 478 g/mol. The number of hydrogen-bond donors (Lipinski definition) is 0. The molecule has 0 unspecified atom stereocenters. The minimum atomic E-state index is -0.327. The van der Waals surface area contributed by atoms with Crippen molar-refractivity contribution in [3.8, 4) is 34.0 Å². The standard InChI is InChI=1S/C25H17Cl2N3O3/c1-14-7-15(22-12-28-13-33-22)9-16(8-14)23-18-5-3-4-6-19(18)25(31)30(29-23)24-20(26)10-17(32-2)11-21(24)27/h3-13H,1-2H3. The number of oxazole rings is 1. The van der Waals surface area contributed by atoms with Crippen molar-refractivity contribution in [3.63, 3.8) is 0 Å². The van der Waals surface area contributed by atoms with Gasteiger partial charge < -0.3 is 9.15 Å². The minimum absolute atomic E-state index is 0.252. The monoisotopic (exact) mass is 477 g/mol. The van der Waals surface area contributed by atoms with Crippen molar-refractivity contribution >= 4 is 34.0 Å². The summed E-state index contributed by atoms with van der Waals surface area (Å²) in [6, 6.07) is 16.5. The Bertz CT molecular complexity index is 1540. The quantitative estimate of drug-likeness (QED) is 0.302. The molecule has 0 aliphatic heterocycles. The fraction of sp³-hybridized carbons (Fsp3) is 0.0800. The van der Waals surface area contributed by atoms with Crippen LogP contribution in [0.5, 0.6) is 5.75 Å². The molecule has 5 rings (SSSR count). The molecule has 0 atom stereocenters. The van der Waals surface area contributed by atoms with E-state index in [0.717, 1.165) is 16.7 Å². The number of hydrogen-bond acceptors (Lipinski definition) is 5. The number of ether oxygens (including phenoxy) is 1. The van der Waals surface area contributed by atoms with E-state index in [0.29, 0.717) is 33.7 Å². The highest BCUT2D eigenvalue weighted by molar-refractivity contribution is 6.38. The number of aromatic nitrogens is 3. The van der Waals surface area contributed by atoms with E-state index in [1.807, 2.05) is 43.3 Å². The van der Waals surface area contributed by atoms with Gasteiger partial charge in [0.15, 0.2) is 12.2 Å². The molecule has 164 valence electrons. The highest BCUT2D eigenvalue weighted by atomic mass is 35.5. The van der Waals surface area contributed by atoms with Gasteiger partial charge in [-0.3, -0.25) is 4.79 Å². The zero-order valence-electron chi connectivity index (χ0n) is 17.7. The van der Waals surface area contributed by atoms with Crippen LogP contribution >= 0.6 is 23.2 Å². The topological polar surface area (TPSA) is 70.2 Å². The summed E-state index contributed by atoms with van der Waals surface area (Å²) in [4.78, 5) is 17.4. The van der Waals surface area contributed by atoms with Gasteiger partial charge in [-0.05, 0) is 36.8 Å². The summed E-state index contributed by atoms with van der Waals surface area (Å²) in [6.45, 7) is 1.98. The predicted octanol–water partition coefficient (Wildman–Crippen LogP) is 6.33. The molecule has 0 amide bonds. The van der Waals surface area contributed by atoms with E-state index in [2.05, 4.69) is 4.98 Å². The third kappa shape index (κ3) is 3.77. The Hall–Kier alpha value is -3.61. The van der Waals surface area contributed by atoms with Crippen LogP contribution in [0.2, 0.25) is 10.0 Å². The molecule has 0 N–H and O–H groups in total. The molecular weight excluding hydrogens is 461 g/mol. The summed E-state index contributed by atoms with van der Waals surface area (Å²) in [6.07, 6.45) is 3.04.